The Hall–Kier alpha value is -3.16. The molecule has 0 fully saturated rings. The molecule has 0 spiro atoms. The van der Waals surface area contributed by atoms with Gasteiger partial charge in [-0.15, -0.1) is 0 Å². The first kappa shape index (κ1) is 28.4. The number of nitrogens with zero attached hydrogens (tertiary/aromatic N) is 1. The molecule has 1 atom stereocenters. The average molecular weight is 529 g/mol. The Bertz CT molecular complexity index is 1200. The van der Waals surface area contributed by atoms with Crippen molar-refractivity contribution >= 4 is 23.5 Å². The Morgan fingerprint density at radius 3 is 2.24 bits per heavy atom. The van der Waals surface area contributed by atoms with E-state index in [9.17, 15) is 9.59 Å². The highest BCUT2D eigenvalue weighted by atomic mass is 35.5. The molecule has 0 saturated heterocycles. The molecule has 0 saturated carbocycles. The zero-order valence-electron chi connectivity index (χ0n) is 22.2. The molecule has 37 heavy (non-hydrogen) atoms. The molecule has 6 nitrogen and oxygen atoms in total. The molecular formula is C29H34ClFN2O4. The summed E-state index contributed by atoms with van der Waals surface area (Å²) in [5.41, 5.74) is 1.97. The third-order valence-electron chi connectivity index (χ3n) is 6.26. The molecule has 1 aliphatic rings. The second-order valence-electron chi connectivity index (χ2n) is 10.2. The van der Waals surface area contributed by atoms with E-state index in [-0.39, 0.29) is 33.8 Å². The molecule has 0 bridgehead atoms. The van der Waals surface area contributed by atoms with Crippen molar-refractivity contribution in [3.05, 3.63) is 93.0 Å². The summed E-state index contributed by atoms with van der Waals surface area (Å²) in [5.74, 6) is -3.05. The van der Waals surface area contributed by atoms with Crippen molar-refractivity contribution in [2.75, 3.05) is 27.3 Å². The Labute approximate surface area is 223 Å². The van der Waals surface area contributed by atoms with Gasteiger partial charge in [0.15, 0.2) is 0 Å². The lowest BCUT2D eigenvalue weighted by atomic mass is 9.80. The third kappa shape index (κ3) is 6.79. The lowest BCUT2D eigenvalue weighted by Crippen LogP contribution is -2.37. The topological polar surface area (TPSA) is 67.9 Å². The molecule has 2 aromatic rings. The van der Waals surface area contributed by atoms with Crippen molar-refractivity contribution in [3.63, 3.8) is 0 Å². The van der Waals surface area contributed by atoms with E-state index in [2.05, 4.69) is 22.3 Å². The lowest BCUT2D eigenvalue weighted by molar-refractivity contribution is -0.142. The van der Waals surface area contributed by atoms with Crippen LogP contribution in [0.5, 0.6) is 0 Å². The molecule has 0 aliphatic carbocycles. The zero-order valence-corrected chi connectivity index (χ0v) is 22.9. The predicted molar refractivity (Wildman–Crippen MR) is 142 cm³/mol. The van der Waals surface area contributed by atoms with Gasteiger partial charge in [-0.3, -0.25) is 0 Å². The fourth-order valence-corrected chi connectivity index (χ4v) is 5.06. The maximum Gasteiger partial charge on any atom is 0.336 e. The van der Waals surface area contributed by atoms with E-state index in [4.69, 9.17) is 21.1 Å². The van der Waals surface area contributed by atoms with E-state index in [1.54, 1.807) is 13.8 Å². The van der Waals surface area contributed by atoms with Crippen LogP contribution in [0.15, 0.2) is 71.1 Å². The summed E-state index contributed by atoms with van der Waals surface area (Å²) < 4.78 is 25.9. The maximum atomic E-state index is 15.1. The van der Waals surface area contributed by atoms with Crippen LogP contribution in [-0.4, -0.2) is 44.1 Å². The van der Waals surface area contributed by atoms with Crippen LogP contribution in [0.25, 0.3) is 0 Å². The number of methoxy groups -OCH3 is 1. The Kier molecular flexibility index (Phi) is 9.16. The van der Waals surface area contributed by atoms with Crippen LogP contribution in [-0.2, 0) is 25.6 Å². The van der Waals surface area contributed by atoms with E-state index < -0.39 is 23.7 Å². The first-order valence-corrected chi connectivity index (χ1v) is 12.4. The Morgan fingerprint density at radius 2 is 1.65 bits per heavy atom. The summed E-state index contributed by atoms with van der Waals surface area (Å²) in [6, 6.07) is 14.4. The molecule has 198 valence electrons. The van der Waals surface area contributed by atoms with Gasteiger partial charge >= 0.3 is 11.9 Å². The minimum Gasteiger partial charge on any atom is -0.466 e. The second-order valence-corrected chi connectivity index (χ2v) is 10.6. The largest absolute Gasteiger partial charge is 0.466 e. The quantitative estimate of drug-likeness (QED) is 0.428. The molecule has 1 heterocycles. The van der Waals surface area contributed by atoms with Crippen LogP contribution in [0.2, 0.25) is 5.02 Å². The zero-order chi connectivity index (χ0) is 27.3. The van der Waals surface area contributed by atoms with E-state index in [0.717, 1.165) is 6.54 Å². The molecule has 1 unspecified atom stereocenters. The number of ether oxygens (including phenoxy) is 2. The molecule has 0 aromatic heterocycles. The van der Waals surface area contributed by atoms with Gasteiger partial charge in [0, 0.05) is 40.5 Å². The smallest absolute Gasteiger partial charge is 0.336 e. The fourth-order valence-electron chi connectivity index (χ4n) is 4.79. The highest BCUT2D eigenvalue weighted by Gasteiger charge is 2.40. The number of nitrogens with one attached hydrogen (secondary N) is 1. The molecule has 3 rings (SSSR count). The molecule has 2 aromatic carbocycles. The number of carbonyl (C=O) groups excluding carboxylic acids is 2. The van der Waals surface area contributed by atoms with E-state index in [1.165, 1.54) is 30.9 Å². The minimum atomic E-state index is -1.08. The highest BCUT2D eigenvalue weighted by molar-refractivity contribution is 6.31. The lowest BCUT2D eigenvalue weighted by Gasteiger charge is -2.33. The normalized spacial score (nSPS) is 16.1. The summed E-state index contributed by atoms with van der Waals surface area (Å²) in [4.78, 5) is 28.5. The SMILES string of the molecule is COC(=O)C1=C(C)NC(C)=C(C(=O)OCC(C)(C)CN(C)Cc2ccccc2)C1c1c(F)cccc1Cl. The van der Waals surface area contributed by atoms with Crippen LogP contribution in [0.4, 0.5) is 4.39 Å². The van der Waals surface area contributed by atoms with Crippen molar-refractivity contribution in [2.24, 2.45) is 5.41 Å². The van der Waals surface area contributed by atoms with Gasteiger partial charge in [0.25, 0.3) is 0 Å². The molecule has 0 radical (unpaired) electrons. The highest BCUT2D eigenvalue weighted by Crippen LogP contribution is 2.43. The van der Waals surface area contributed by atoms with Crippen LogP contribution in [0.3, 0.4) is 0 Å². The van der Waals surface area contributed by atoms with Gasteiger partial charge < -0.3 is 19.7 Å². The fraction of sp³-hybridized carbons (Fsp3) is 0.379. The Balaban J connectivity index is 1.85. The summed E-state index contributed by atoms with van der Waals surface area (Å²) in [6.07, 6.45) is 0. The van der Waals surface area contributed by atoms with Crippen LogP contribution in [0.1, 0.15) is 44.7 Å². The molecule has 8 heteroatoms. The molecule has 1 N–H and O–H groups in total. The van der Waals surface area contributed by atoms with Gasteiger partial charge in [-0.1, -0.05) is 61.8 Å². The predicted octanol–water partition coefficient (Wildman–Crippen LogP) is 5.59. The van der Waals surface area contributed by atoms with Crippen LogP contribution in [0, 0.1) is 11.2 Å². The number of carbonyl (C=O) groups is 2. The number of halogens is 2. The van der Waals surface area contributed by atoms with Gasteiger partial charge in [-0.2, -0.15) is 0 Å². The van der Waals surface area contributed by atoms with Crippen molar-refractivity contribution < 1.29 is 23.5 Å². The molecule has 0 amide bonds. The average Bonchev–Trinajstić information content (AvgIpc) is 2.82. The number of allylic oxidation sites excluding steroid dienone is 2. The summed E-state index contributed by atoms with van der Waals surface area (Å²) in [6.45, 7) is 8.93. The second kappa shape index (κ2) is 11.9. The minimum absolute atomic E-state index is 0.0265. The van der Waals surface area contributed by atoms with Gasteiger partial charge in [0.2, 0.25) is 0 Å². The third-order valence-corrected chi connectivity index (χ3v) is 6.59. The van der Waals surface area contributed by atoms with Crippen molar-refractivity contribution in [1.29, 1.82) is 0 Å². The summed E-state index contributed by atoms with van der Waals surface area (Å²) in [5, 5.41) is 3.15. The number of rotatable bonds is 9. The summed E-state index contributed by atoms with van der Waals surface area (Å²) >= 11 is 6.40. The number of dihydropyridines is 1. The van der Waals surface area contributed by atoms with E-state index in [1.807, 2.05) is 39.1 Å². The van der Waals surface area contributed by atoms with Gasteiger partial charge in [0.05, 0.1) is 30.8 Å². The number of benzene rings is 2. The van der Waals surface area contributed by atoms with E-state index in [0.29, 0.717) is 17.9 Å². The van der Waals surface area contributed by atoms with Crippen molar-refractivity contribution in [3.8, 4) is 0 Å². The first-order chi connectivity index (χ1) is 17.4. The monoisotopic (exact) mass is 528 g/mol. The first-order valence-electron chi connectivity index (χ1n) is 12.1. The standard InChI is InChI=1S/C29H34ClFN2O4/c1-18-23(27(34)36-6)26(25-21(30)13-10-14-22(25)31)24(19(2)32-18)28(35)37-17-29(3,4)16-33(5)15-20-11-8-7-9-12-20/h7-14,26,32H,15-17H2,1-6H3. The van der Waals surface area contributed by atoms with Crippen molar-refractivity contribution in [1.82, 2.24) is 10.2 Å². The molecule has 1 aliphatic heterocycles. The van der Waals surface area contributed by atoms with Crippen LogP contribution < -0.4 is 5.32 Å². The molecular weight excluding hydrogens is 495 g/mol. The van der Waals surface area contributed by atoms with Crippen molar-refractivity contribution in [2.45, 2.75) is 40.2 Å². The van der Waals surface area contributed by atoms with Crippen LogP contribution >= 0.6 is 11.6 Å². The maximum absolute atomic E-state index is 15.1. The van der Waals surface area contributed by atoms with Gasteiger partial charge in [0.1, 0.15) is 5.82 Å². The van der Waals surface area contributed by atoms with E-state index >= 15 is 4.39 Å². The van der Waals surface area contributed by atoms with Gasteiger partial charge in [-0.25, -0.2) is 14.0 Å². The number of hydrogen-bond donors (Lipinski definition) is 1. The van der Waals surface area contributed by atoms with Gasteiger partial charge in [-0.05, 0) is 38.6 Å². The summed E-state index contributed by atoms with van der Waals surface area (Å²) in [7, 11) is 3.25. The number of esters is 2. The number of hydrogen-bond acceptors (Lipinski definition) is 6. The Morgan fingerprint density at radius 1 is 1.03 bits per heavy atom.